The van der Waals surface area contributed by atoms with Crippen molar-refractivity contribution < 1.29 is 0 Å². The third-order valence-electron chi connectivity index (χ3n) is 3.10. The van der Waals surface area contributed by atoms with Crippen LogP contribution in [0.3, 0.4) is 0 Å². The van der Waals surface area contributed by atoms with E-state index in [1.807, 2.05) is 14.1 Å². The van der Waals surface area contributed by atoms with Crippen LogP contribution in [-0.4, -0.2) is 25.6 Å². The van der Waals surface area contributed by atoms with Crippen LogP contribution in [0, 0.1) is 6.92 Å². The van der Waals surface area contributed by atoms with Crippen LogP contribution >= 0.6 is 0 Å². The largest absolute Gasteiger partial charge is 0.362 e. The highest BCUT2D eigenvalue weighted by atomic mass is 15.1. The van der Waals surface area contributed by atoms with Crippen LogP contribution < -0.4 is 10.6 Å². The van der Waals surface area contributed by atoms with E-state index in [-0.39, 0.29) is 0 Å². The topological polar surface area (TPSA) is 42.1 Å². The Morgan fingerprint density at radius 2 is 2.00 bits per heavy atom. The molecule has 0 saturated heterocycles. The summed E-state index contributed by atoms with van der Waals surface area (Å²) in [5.41, 5.74) is 9.19. The van der Waals surface area contributed by atoms with Crippen LogP contribution in [0.15, 0.2) is 24.3 Å². The first-order valence-corrected chi connectivity index (χ1v) is 6.39. The zero-order valence-electron chi connectivity index (χ0n) is 11.4. The summed E-state index contributed by atoms with van der Waals surface area (Å²) in [5.74, 6) is 1.06. The number of pyridine rings is 1. The Hall–Kier alpha value is -1.61. The van der Waals surface area contributed by atoms with E-state index in [0.29, 0.717) is 0 Å². The Balaban J connectivity index is 2.53. The monoisotopic (exact) mass is 243 g/mol. The number of nitrogens with two attached hydrogens (primary N) is 1. The quantitative estimate of drug-likeness (QED) is 0.897. The van der Waals surface area contributed by atoms with Crippen LogP contribution in [0.1, 0.15) is 17.5 Å². The smallest absolute Gasteiger partial charge is 0.131 e. The lowest BCUT2D eigenvalue weighted by molar-refractivity contribution is 0.826. The summed E-state index contributed by atoms with van der Waals surface area (Å²) in [6.45, 7) is 2.82. The summed E-state index contributed by atoms with van der Waals surface area (Å²) in [6.07, 6.45) is 1.99. The van der Waals surface area contributed by atoms with Crippen LogP contribution in [0.4, 0.5) is 5.82 Å². The molecule has 2 aromatic rings. The van der Waals surface area contributed by atoms with Gasteiger partial charge in [0, 0.05) is 19.5 Å². The number of rotatable bonds is 4. The molecule has 0 aliphatic carbocycles. The first-order chi connectivity index (χ1) is 8.61. The molecule has 2 N–H and O–H groups in total. The molecule has 3 heteroatoms. The molecule has 18 heavy (non-hydrogen) atoms. The van der Waals surface area contributed by atoms with E-state index in [1.54, 1.807) is 0 Å². The first kappa shape index (κ1) is 12.8. The summed E-state index contributed by atoms with van der Waals surface area (Å²) in [4.78, 5) is 6.85. The van der Waals surface area contributed by atoms with Crippen LogP contribution in [0.2, 0.25) is 0 Å². The third-order valence-corrected chi connectivity index (χ3v) is 3.10. The van der Waals surface area contributed by atoms with Crippen molar-refractivity contribution in [2.24, 2.45) is 5.73 Å². The molecule has 0 aliphatic rings. The van der Waals surface area contributed by atoms with Gasteiger partial charge in [0.05, 0.1) is 5.52 Å². The van der Waals surface area contributed by atoms with E-state index in [0.717, 1.165) is 30.7 Å². The van der Waals surface area contributed by atoms with Crippen molar-refractivity contribution in [1.29, 1.82) is 0 Å². The van der Waals surface area contributed by atoms with Crippen molar-refractivity contribution in [3.63, 3.8) is 0 Å². The van der Waals surface area contributed by atoms with Gasteiger partial charge in [-0.1, -0.05) is 12.1 Å². The minimum atomic E-state index is 0.721. The molecule has 0 bridgehead atoms. The van der Waals surface area contributed by atoms with Gasteiger partial charge < -0.3 is 10.6 Å². The van der Waals surface area contributed by atoms with Gasteiger partial charge in [-0.2, -0.15) is 0 Å². The predicted molar refractivity (Wildman–Crippen MR) is 78.2 cm³/mol. The zero-order chi connectivity index (χ0) is 13.1. The highest BCUT2D eigenvalue weighted by Crippen LogP contribution is 2.24. The standard InChI is InChI=1S/C15H21N3/c1-11-6-7-12-10-13(5-4-8-16)15(18(2)3)17-14(12)9-11/h6-7,9-10H,4-5,8,16H2,1-3H3. The first-order valence-electron chi connectivity index (χ1n) is 6.39. The van der Waals surface area contributed by atoms with Gasteiger partial charge in [-0.3, -0.25) is 0 Å². The van der Waals surface area contributed by atoms with Crippen LogP contribution in [0.25, 0.3) is 10.9 Å². The highest BCUT2D eigenvalue weighted by molar-refractivity contribution is 5.82. The number of aryl methyl sites for hydroxylation is 2. The van der Waals surface area contributed by atoms with Crippen molar-refractivity contribution in [2.75, 3.05) is 25.5 Å². The van der Waals surface area contributed by atoms with Gasteiger partial charge in [0.1, 0.15) is 5.82 Å². The predicted octanol–water partition coefficient (Wildman–Crippen LogP) is 2.50. The molecule has 0 saturated carbocycles. The molecule has 3 nitrogen and oxygen atoms in total. The third kappa shape index (κ3) is 2.62. The number of fused-ring (bicyclic) bond motifs is 1. The Bertz CT molecular complexity index is 547. The van der Waals surface area contributed by atoms with Gasteiger partial charge in [0.15, 0.2) is 0 Å². The Morgan fingerprint density at radius 1 is 1.22 bits per heavy atom. The summed E-state index contributed by atoms with van der Waals surface area (Å²) < 4.78 is 0. The minimum Gasteiger partial charge on any atom is -0.362 e. The number of nitrogens with zero attached hydrogens (tertiary/aromatic N) is 2. The van der Waals surface area contributed by atoms with Crippen molar-refractivity contribution in [3.8, 4) is 0 Å². The Kier molecular flexibility index (Phi) is 3.82. The molecule has 0 spiro atoms. The number of hydrogen-bond donors (Lipinski definition) is 1. The lowest BCUT2D eigenvalue weighted by Gasteiger charge is -2.17. The van der Waals surface area contributed by atoms with Gasteiger partial charge in [-0.05, 0) is 49.6 Å². The van der Waals surface area contributed by atoms with Crippen molar-refractivity contribution in [2.45, 2.75) is 19.8 Å². The average Bonchev–Trinajstić information content (AvgIpc) is 2.35. The van der Waals surface area contributed by atoms with Crippen LogP contribution in [-0.2, 0) is 6.42 Å². The summed E-state index contributed by atoms with van der Waals surface area (Å²) in [7, 11) is 4.08. The fourth-order valence-corrected chi connectivity index (χ4v) is 2.17. The SMILES string of the molecule is Cc1ccc2cc(CCCN)c(N(C)C)nc2c1. The maximum absolute atomic E-state index is 5.60. The van der Waals surface area contributed by atoms with E-state index in [2.05, 4.69) is 36.1 Å². The zero-order valence-corrected chi connectivity index (χ0v) is 11.4. The normalized spacial score (nSPS) is 10.9. The molecule has 0 atom stereocenters. The average molecular weight is 243 g/mol. The molecule has 0 unspecified atom stereocenters. The van der Waals surface area contributed by atoms with Crippen LogP contribution in [0.5, 0.6) is 0 Å². The second-order valence-corrected chi connectivity index (χ2v) is 4.95. The van der Waals surface area contributed by atoms with E-state index in [9.17, 15) is 0 Å². The van der Waals surface area contributed by atoms with Gasteiger partial charge >= 0.3 is 0 Å². The fourth-order valence-electron chi connectivity index (χ4n) is 2.17. The minimum absolute atomic E-state index is 0.721. The molecule has 1 aromatic heterocycles. The molecule has 2 rings (SSSR count). The summed E-state index contributed by atoms with van der Waals surface area (Å²) >= 11 is 0. The molecular formula is C15H21N3. The van der Waals surface area contributed by atoms with E-state index < -0.39 is 0 Å². The Morgan fingerprint density at radius 3 is 2.67 bits per heavy atom. The highest BCUT2D eigenvalue weighted by Gasteiger charge is 2.08. The van der Waals surface area contributed by atoms with E-state index in [4.69, 9.17) is 10.7 Å². The molecule has 1 aromatic carbocycles. The summed E-state index contributed by atoms with van der Waals surface area (Å²) in [5, 5.41) is 1.21. The number of benzene rings is 1. The number of anilines is 1. The second kappa shape index (κ2) is 5.36. The van der Waals surface area contributed by atoms with Crippen molar-refractivity contribution >= 4 is 16.7 Å². The van der Waals surface area contributed by atoms with Gasteiger partial charge in [-0.15, -0.1) is 0 Å². The van der Waals surface area contributed by atoms with Crippen molar-refractivity contribution in [1.82, 2.24) is 4.98 Å². The van der Waals surface area contributed by atoms with Gasteiger partial charge in [0.25, 0.3) is 0 Å². The summed E-state index contributed by atoms with van der Waals surface area (Å²) in [6, 6.07) is 8.65. The molecule has 96 valence electrons. The number of aromatic nitrogens is 1. The number of hydrogen-bond acceptors (Lipinski definition) is 3. The van der Waals surface area contributed by atoms with E-state index in [1.165, 1.54) is 16.5 Å². The maximum Gasteiger partial charge on any atom is 0.131 e. The Labute approximate surface area is 109 Å². The lowest BCUT2D eigenvalue weighted by Crippen LogP contribution is -2.14. The van der Waals surface area contributed by atoms with E-state index >= 15 is 0 Å². The molecule has 1 heterocycles. The van der Waals surface area contributed by atoms with Gasteiger partial charge in [-0.25, -0.2) is 4.98 Å². The molecule has 0 radical (unpaired) electrons. The van der Waals surface area contributed by atoms with Crippen molar-refractivity contribution in [3.05, 3.63) is 35.4 Å². The van der Waals surface area contributed by atoms with Gasteiger partial charge in [0.2, 0.25) is 0 Å². The molecule has 0 amide bonds. The maximum atomic E-state index is 5.60. The molecular weight excluding hydrogens is 222 g/mol. The lowest BCUT2D eigenvalue weighted by atomic mass is 10.1. The fraction of sp³-hybridized carbons (Fsp3) is 0.400. The molecule has 0 fully saturated rings. The molecule has 0 aliphatic heterocycles. The second-order valence-electron chi connectivity index (χ2n) is 4.95.